The molecule has 0 aromatic rings. The van der Waals surface area contributed by atoms with Gasteiger partial charge in [-0.25, -0.2) is 23.6 Å². The Morgan fingerprint density at radius 2 is 0.903 bits per heavy atom. The van der Waals surface area contributed by atoms with Crippen molar-refractivity contribution in [2.24, 2.45) is 0 Å². The van der Waals surface area contributed by atoms with Crippen LogP contribution in [0.15, 0.2) is 50.6 Å². The lowest BCUT2D eigenvalue weighted by Gasteiger charge is -2.67. The first-order valence-corrected chi connectivity index (χ1v) is 9.57. The summed E-state index contributed by atoms with van der Waals surface area (Å²) in [6.07, 6.45) is 0.699. The number of esters is 4. The minimum atomic E-state index is -1.99. The van der Waals surface area contributed by atoms with Crippen LogP contribution in [0, 0.1) is 0 Å². The van der Waals surface area contributed by atoms with E-state index in [0.717, 1.165) is 24.3 Å². The van der Waals surface area contributed by atoms with Crippen LogP contribution in [0.1, 0.15) is 32.1 Å². The van der Waals surface area contributed by atoms with Crippen LogP contribution in [0.3, 0.4) is 0 Å². The Bertz CT molecular complexity index is 806. The molecule has 4 rings (SSSR count). The SMILES string of the molecule is C=CC(=O)OC12CC3(OC(=O)C=C)CC(OC(=O)C=C)(C1)C(F)C(OC(=O)C=C)(C2)C3. The lowest BCUT2D eigenvalue weighted by Crippen LogP contribution is -2.80. The molecule has 8 nitrogen and oxygen atoms in total. The Balaban J connectivity index is 2.18. The minimum Gasteiger partial charge on any atom is -0.455 e. The molecule has 9 heteroatoms. The highest BCUT2D eigenvalue weighted by molar-refractivity contribution is 5.84. The molecule has 0 spiro atoms. The van der Waals surface area contributed by atoms with Crippen molar-refractivity contribution in [2.45, 2.75) is 60.7 Å². The van der Waals surface area contributed by atoms with E-state index in [1.165, 1.54) is 0 Å². The van der Waals surface area contributed by atoms with E-state index < -0.39 is 52.5 Å². The van der Waals surface area contributed by atoms with Crippen LogP contribution < -0.4 is 0 Å². The third kappa shape index (κ3) is 3.68. The van der Waals surface area contributed by atoms with Gasteiger partial charge in [-0.3, -0.25) is 0 Å². The van der Waals surface area contributed by atoms with E-state index in [1.54, 1.807) is 0 Å². The molecule has 0 radical (unpaired) electrons. The van der Waals surface area contributed by atoms with Gasteiger partial charge in [-0.05, 0) is 0 Å². The zero-order chi connectivity index (χ0) is 23.1. The van der Waals surface area contributed by atoms with Crippen LogP contribution >= 0.6 is 0 Å². The van der Waals surface area contributed by atoms with E-state index in [0.29, 0.717) is 0 Å². The topological polar surface area (TPSA) is 105 Å². The summed E-state index contributed by atoms with van der Waals surface area (Å²) in [4.78, 5) is 48.5. The Kier molecular flexibility index (Phi) is 5.41. The zero-order valence-electron chi connectivity index (χ0n) is 16.9. The van der Waals surface area contributed by atoms with Crippen molar-refractivity contribution in [1.82, 2.24) is 0 Å². The molecule has 0 unspecified atom stereocenters. The smallest absolute Gasteiger partial charge is 0.330 e. The molecule has 166 valence electrons. The zero-order valence-corrected chi connectivity index (χ0v) is 16.9. The maximum atomic E-state index is 16.0. The van der Waals surface area contributed by atoms with Gasteiger partial charge in [0.25, 0.3) is 0 Å². The number of halogens is 1. The number of ether oxygens (including phenoxy) is 4. The van der Waals surface area contributed by atoms with E-state index in [-0.39, 0.29) is 32.1 Å². The second kappa shape index (κ2) is 7.47. The van der Waals surface area contributed by atoms with Crippen LogP contribution in [-0.2, 0) is 38.1 Å². The van der Waals surface area contributed by atoms with Gasteiger partial charge in [0.05, 0.1) is 0 Å². The van der Waals surface area contributed by atoms with E-state index in [9.17, 15) is 19.2 Å². The third-order valence-electron chi connectivity index (χ3n) is 5.96. The largest absolute Gasteiger partial charge is 0.455 e. The van der Waals surface area contributed by atoms with Crippen molar-refractivity contribution in [1.29, 1.82) is 0 Å². The van der Waals surface area contributed by atoms with E-state index in [2.05, 4.69) is 26.3 Å². The summed E-state index contributed by atoms with van der Waals surface area (Å²) in [6, 6.07) is 0. The van der Waals surface area contributed by atoms with Crippen molar-refractivity contribution in [3.8, 4) is 0 Å². The lowest BCUT2D eigenvalue weighted by molar-refractivity contribution is -0.331. The summed E-state index contributed by atoms with van der Waals surface area (Å²) in [5.74, 6) is -3.47. The molecular weight excluding hydrogens is 411 g/mol. The van der Waals surface area contributed by atoms with Crippen LogP contribution in [0.2, 0.25) is 0 Å². The van der Waals surface area contributed by atoms with Gasteiger partial charge in [0.2, 0.25) is 0 Å². The molecule has 4 fully saturated rings. The standard InChI is InChI=1S/C22H23FO8/c1-5-14(24)28-19-9-20(29-15(25)6-2)12-21(10-19,30-16(26)7-3)18(23)22(11-19,13-20)31-17(27)8-4/h5-8,18H,1-4,9-13H2. The van der Waals surface area contributed by atoms with Crippen LogP contribution in [0.25, 0.3) is 0 Å². The van der Waals surface area contributed by atoms with E-state index in [4.69, 9.17) is 18.9 Å². The molecule has 0 N–H and O–H groups in total. The number of alkyl halides is 1. The van der Waals surface area contributed by atoms with Crippen molar-refractivity contribution in [2.75, 3.05) is 0 Å². The summed E-state index contributed by atoms with van der Waals surface area (Å²) in [5, 5.41) is 0. The molecule has 4 aliphatic carbocycles. The summed E-state index contributed by atoms with van der Waals surface area (Å²) >= 11 is 0. The first-order valence-electron chi connectivity index (χ1n) is 9.57. The molecule has 4 bridgehead atoms. The first-order chi connectivity index (χ1) is 14.5. The molecule has 31 heavy (non-hydrogen) atoms. The van der Waals surface area contributed by atoms with Gasteiger partial charge in [0, 0.05) is 56.4 Å². The van der Waals surface area contributed by atoms with Gasteiger partial charge >= 0.3 is 23.9 Å². The molecule has 0 atom stereocenters. The highest BCUT2D eigenvalue weighted by Crippen LogP contribution is 2.66. The normalized spacial score (nSPS) is 37.1. The average Bonchev–Trinajstić information content (AvgIpc) is 2.70. The van der Waals surface area contributed by atoms with Gasteiger partial charge in [-0.15, -0.1) is 0 Å². The Hall–Kier alpha value is -3.23. The van der Waals surface area contributed by atoms with Crippen molar-refractivity contribution in [3.05, 3.63) is 50.6 Å². The summed E-state index contributed by atoms with van der Waals surface area (Å²) < 4.78 is 38.1. The second-order valence-electron chi connectivity index (χ2n) is 8.24. The van der Waals surface area contributed by atoms with E-state index >= 15 is 4.39 Å². The monoisotopic (exact) mass is 434 g/mol. The number of hydrogen-bond acceptors (Lipinski definition) is 8. The number of hydrogen-bond donors (Lipinski definition) is 0. The number of carbonyl (C=O) groups excluding carboxylic acids is 4. The predicted molar refractivity (Wildman–Crippen MR) is 104 cm³/mol. The molecule has 0 saturated heterocycles. The molecule has 0 amide bonds. The lowest BCUT2D eigenvalue weighted by atomic mass is 9.47. The average molecular weight is 434 g/mol. The van der Waals surface area contributed by atoms with Crippen molar-refractivity contribution >= 4 is 23.9 Å². The highest BCUT2D eigenvalue weighted by atomic mass is 19.1. The maximum absolute atomic E-state index is 16.0. The molecule has 0 aliphatic heterocycles. The Morgan fingerprint density at radius 1 is 0.613 bits per heavy atom. The van der Waals surface area contributed by atoms with Crippen LogP contribution in [0.4, 0.5) is 4.39 Å². The Labute approximate surface area is 178 Å². The third-order valence-corrected chi connectivity index (χ3v) is 5.96. The highest BCUT2D eigenvalue weighted by Gasteiger charge is 2.79. The quantitative estimate of drug-likeness (QED) is 0.325. The summed E-state index contributed by atoms with van der Waals surface area (Å²) in [5.41, 5.74) is -6.70. The maximum Gasteiger partial charge on any atom is 0.330 e. The summed E-state index contributed by atoms with van der Waals surface area (Å²) in [6.45, 7) is 13.4. The van der Waals surface area contributed by atoms with Crippen LogP contribution in [0.5, 0.6) is 0 Å². The predicted octanol–water partition coefficient (Wildman–Crippen LogP) is 2.19. The molecule has 0 aromatic heterocycles. The number of carbonyl (C=O) groups is 4. The fourth-order valence-electron chi connectivity index (χ4n) is 5.56. The van der Waals surface area contributed by atoms with Gasteiger partial charge in [0.1, 0.15) is 11.2 Å². The second-order valence-corrected chi connectivity index (χ2v) is 8.24. The van der Waals surface area contributed by atoms with Crippen molar-refractivity contribution < 1.29 is 42.5 Å². The first kappa shape index (κ1) is 22.5. The molecular formula is C22H23FO8. The number of rotatable bonds is 8. The van der Waals surface area contributed by atoms with Crippen LogP contribution in [-0.4, -0.2) is 52.5 Å². The molecule has 0 heterocycles. The van der Waals surface area contributed by atoms with Gasteiger partial charge < -0.3 is 18.9 Å². The summed E-state index contributed by atoms with van der Waals surface area (Å²) in [7, 11) is 0. The Morgan fingerprint density at radius 3 is 1.19 bits per heavy atom. The van der Waals surface area contributed by atoms with Gasteiger partial charge in [-0.1, -0.05) is 26.3 Å². The van der Waals surface area contributed by atoms with Gasteiger partial charge in [-0.2, -0.15) is 0 Å². The van der Waals surface area contributed by atoms with E-state index in [1.807, 2.05) is 0 Å². The van der Waals surface area contributed by atoms with Crippen molar-refractivity contribution in [3.63, 3.8) is 0 Å². The fourth-order valence-corrected chi connectivity index (χ4v) is 5.56. The molecule has 4 aliphatic rings. The molecule has 0 aromatic carbocycles. The molecule has 4 saturated carbocycles. The minimum absolute atomic E-state index is 0.00728. The van der Waals surface area contributed by atoms with Gasteiger partial charge in [0.15, 0.2) is 17.4 Å². The fraction of sp³-hybridized carbons (Fsp3) is 0.455.